The predicted octanol–water partition coefficient (Wildman–Crippen LogP) is 3.13. The highest BCUT2D eigenvalue weighted by atomic mass is 16.6. The van der Waals surface area contributed by atoms with Crippen LogP contribution >= 0.6 is 0 Å². The summed E-state index contributed by atoms with van der Waals surface area (Å²) < 4.78 is 12.3. The van der Waals surface area contributed by atoms with E-state index in [0.717, 1.165) is 37.1 Å². The molecule has 7 heteroatoms. The highest BCUT2D eigenvalue weighted by molar-refractivity contribution is 5.95. The van der Waals surface area contributed by atoms with Gasteiger partial charge in [-0.3, -0.25) is 4.79 Å². The van der Waals surface area contributed by atoms with Crippen molar-refractivity contribution in [2.75, 3.05) is 6.54 Å². The fourth-order valence-corrected chi connectivity index (χ4v) is 4.78. The number of rotatable bonds is 4. The molecule has 0 radical (unpaired) electrons. The van der Waals surface area contributed by atoms with Gasteiger partial charge in [-0.25, -0.2) is 9.59 Å². The van der Waals surface area contributed by atoms with Gasteiger partial charge in [-0.1, -0.05) is 42.5 Å². The summed E-state index contributed by atoms with van der Waals surface area (Å²) in [5.41, 5.74) is 2.27. The largest absolute Gasteiger partial charge is 0.419 e. The summed E-state index contributed by atoms with van der Waals surface area (Å²) in [4.78, 5) is 37.1. The molecule has 0 saturated carbocycles. The molecule has 3 aromatic rings. The van der Waals surface area contributed by atoms with Crippen LogP contribution in [0.3, 0.4) is 0 Å². The van der Waals surface area contributed by atoms with E-state index in [4.69, 9.17) is 9.47 Å². The molecule has 5 rings (SSSR count). The van der Waals surface area contributed by atoms with Gasteiger partial charge >= 0.3 is 11.9 Å². The molecule has 2 aromatic carbocycles. The molecule has 1 aromatic heterocycles. The molecule has 1 unspecified atom stereocenters. The quantitative estimate of drug-likeness (QED) is 0.623. The van der Waals surface area contributed by atoms with Crippen molar-refractivity contribution in [3.05, 3.63) is 81.8 Å². The van der Waals surface area contributed by atoms with Crippen molar-refractivity contribution < 1.29 is 19.1 Å². The maximum Gasteiger partial charge on any atom is 0.336 e. The average molecular weight is 444 g/mol. The summed E-state index contributed by atoms with van der Waals surface area (Å²) >= 11 is 0. The Bertz CT molecular complexity index is 1350. The Balaban J connectivity index is 1.47. The van der Waals surface area contributed by atoms with Crippen LogP contribution in [-0.4, -0.2) is 23.1 Å². The average Bonchev–Trinajstić information content (AvgIpc) is 2.82. The number of carbonyl (C=O) groups is 2. The van der Waals surface area contributed by atoms with E-state index in [-0.39, 0.29) is 17.5 Å². The Labute approximate surface area is 190 Å². The molecular weight excluding hydrogens is 420 g/mol. The van der Waals surface area contributed by atoms with Gasteiger partial charge in [0.2, 0.25) is 5.75 Å². The van der Waals surface area contributed by atoms with Crippen LogP contribution in [0, 0.1) is 0 Å². The standard InChI is InChI=1S/C26H24N2O5/c1-28-20-11-5-10-19(27-15-14-17-8-4-7-16-6-2-3-9-18(16)17)23(20)24-25(26(28)31)33-22(30)13-12-21(29)32-24/h2-4,6-9,12-13,19,27H,5,10-11,14-15H2,1H3/b13-12+. The predicted molar refractivity (Wildman–Crippen MR) is 123 cm³/mol. The monoisotopic (exact) mass is 444 g/mol. The molecule has 1 aliphatic carbocycles. The zero-order valence-corrected chi connectivity index (χ0v) is 18.3. The smallest absolute Gasteiger partial charge is 0.336 e. The summed E-state index contributed by atoms with van der Waals surface area (Å²) in [6.07, 6.45) is 5.17. The van der Waals surface area contributed by atoms with E-state index in [0.29, 0.717) is 18.5 Å². The second-order valence-electron chi connectivity index (χ2n) is 8.35. The number of hydrogen-bond donors (Lipinski definition) is 1. The maximum absolute atomic E-state index is 12.9. The third-order valence-corrected chi connectivity index (χ3v) is 6.35. The minimum atomic E-state index is -0.777. The fourth-order valence-electron chi connectivity index (χ4n) is 4.78. The summed E-state index contributed by atoms with van der Waals surface area (Å²) in [6, 6.07) is 14.5. The molecule has 0 amide bonds. The van der Waals surface area contributed by atoms with E-state index in [9.17, 15) is 14.4 Å². The summed E-state index contributed by atoms with van der Waals surface area (Å²) in [5.74, 6) is -1.66. The van der Waals surface area contributed by atoms with E-state index >= 15 is 0 Å². The molecule has 0 saturated heterocycles. The Morgan fingerprint density at radius 1 is 0.970 bits per heavy atom. The van der Waals surface area contributed by atoms with Gasteiger partial charge < -0.3 is 19.4 Å². The summed E-state index contributed by atoms with van der Waals surface area (Å²) in [5, 5.41) is 6.02. The number of pyridine rings is 1. The normalized spacial score (nSPS) is 18.5. The minimum absolute atomic E-state index is 0.0539. The van der Waals surface area contributed by atoms with Gasteiger partial charge in [0.25, 0.3) is 5.56 Å². The van der Waals surface area contributed by atoms with Crippen LogP contribution in [0.15, 0.2) is 59.4 Å². The van der Waals surface area contributed by atoms with Crippen LogP contribution in [0.5, 0.6) is 11.5 Å². The van der Waals surface area contributed by atoms with Gasteiger partial charge in [0.15, 0.2) is 5.75 Å². The van der Waals surface area contributed by atoms with Gasteiger partial charge in [-0.05, 0) is 48.6 Å². The Morgan fingerprint density at radius 3 is 2.52 bits per heavy atom. The van der Waals surface area contributed by atoms with Crippen LogP contribution in [0.2, 0.25) is 0 Å². The van der Waals surface area contributed by atoms with Crippen molar-refractivity contribution in [1.82, 2.24) is 9.88 Å². The summed E-state index contributed by atoms with van der Waals surface area (Å²) in [6.45, 7) is 0.698. The third kappa shape index (κ3) is 3.96. The molecular formula is C26H24N2O5. The van der Waals surface area contributed by atoms with Crippen LogP contribution in [0.25, 0.3) is 10.8 Å². The third-order valence-electron chi connectivity index (χ3n) is 6.35. The maximum atomic E-state index is 12.9. The first kappa shape index (κ1) is 21.2. The number of hydrogen-bond acceptors (Lipinski definition) is 6. The first-order valence-electron chi connectivity index (χ1n) is 11.1. The van der Waals surface area contributed by atoms with E-state index < -0.39 is 17.5 Å². The van der Waals surface area contributed by atoms with Crippen molar-refractivity contribution in [1.29, 1.82) is 0 Å². The number of nitrogens with zero attached hydrogens (tertiary/aromatic N) is 1. The lowest BCUT2D eigenvalue weighted by molar-refractivity contribution is -0.133. The lowest BCUT2D eigenvalue weighted by atomic mass is 9.89. The number of benzene rings is 2. The Kier molecular flexibility index (Phi) is 5.56. The van der Waals surface area contributed by atoms with Gasteiger partial charge in [-0.15, -0.1) is 0 Å². The molecule has 7 nitrogen and oxygen atoms in total. The van der Waals surface area contributed by atoms with Crippen molar-refractivity contribution in [2.24, 2.45) is 7.05 Å². The van der Waals surface area contributed by atoms with Gasteiger partial charge in [-0.2, -0.15) is 0 Å². The molecule has 1 aliphatic heterocycles. The molecule has 0 spiro atoms. The highest BCUT2D eigenvalue weighted by Crippen LogP contribution is 2.41. The Morgan fingerprint density at radius 2 is 1.70 bits per heavy atom. The van der Waals surface area contributed by atoms with Gasteiger partial charge in [0.05, 0.1) is 0 Å². The van der Waals surface area contributed by atoms with Crippen LogP contribution < -0.4 is 20.3 Å². The number of aromatic nitrogens is 1. The highest BCUT2D eigenvalue weighted by Gasteiger charge is 2.33. The van der Waals surface area contributed by atoms with Crippen LogP contribution in [0.4, 0.5) is 0 Å². The Hall–Kier alpha value is -3.71. The number of fused-ring (bicyclic) bond motifs is 4. The van der Waals surface area contributed by atoms with E-state index in [1.54, 1.807) is 7.05 Å². The zero-order chi connectivity index (χ0) is 22.9. The minimum Gasteiger partial charge on any atom is -0.419 e. The van der Waals surface area contributed by atoms with Crippen molar-refractivity contribution in [2.45, 2.75) is 31.7 Å². The lowest BCUT2D eigenvalue weighted by Gasteiger charge is -2.30. The first-order valence-corrected chi connectivity index (χ1v) is 11.1. The van der Waals surface area contributed by atoms with E-state index in [1.165, 1.54) is 20.9 Å². The lowest BCUT2D eigenvalue weighted by Crippen LogP contribution is -2.34. The molecule has 168 valence electrons. The van der Waals surface area contributed by atoms with Crippen molar-refractivity contribution in [3.8, 4) is 11.5 Å². The molecule has 0 bridgehead atoms. The zero-order valence-electron chi connectivity index (χ0n) is 18.3. The topological polar surface area (TPSA) is 86.6 Å². The van der Waals surface area contributed by atoms with Crippen molar-refractivity contribution in [3.63, 3.8) is 0 Å². The second-order valence-corrected chi connectivity index (χ2v) is 8.35. The van der Waals surface area contributed by atoms with Crippen molar-refractivity contribution >= 4 is 22.7 Å². The molecule has 1 atom stereocenters. The fraction of sp³-hybridized carbons (Fsp3) is 0.269. The number of nitrogens with one attached hydrogen (secondary N) is 1. The molecule has 2 aliphatic rings. The number of carbonyl (C=O) groups excluding carboxylic acids is 2. The van der Waals surface area contributed by atoms with Crippen LogP contribution in [0.1, 0.15) is 35.7 Å². The van der Waals surface area contributed by atoms with Gasteiger partial charge in [0, 0.05) is 36.5 Å². The molecule has 2 heterocycles. The summed E-state index contributed by atoms with van der Waals surface area (Å²) in [7, 11) is 1.66. The van der Waals surface area contributed by atoms with E-state index in [2.05, 4.69) is 35.6 Å². The molecule has 1 N–H and O–H groups in total. The van der Waals surface area contributed by atoms with E-state index in [1.807, 2.05) is 12.1 Å². The number of esters is 2. The number of ether oxygens (including phenoxy) is 2. The second kappa shape index (κ2) is 8.67. The first-order chi connectivity index (χ1) is 16.0. The molecule has 0 fully saturated rings. The molecule has 33 heavy (non-hydrogen) atoms. The SMILES string of the molecule is Cn1c2c(c3c(c1=O)OC(=O)/C=C/C(=O)O3)C(NCCc1cccc3ccccc13)CCC2. The van der Waals surface area contributed by atoms with Crippen LogP contribution in [-0.2, 0) is 29.5 Å². The van der Waals surface area contributed by atoms with Gasteiger partial charge in [0.1, 0.15) is 0 Å².